The van der Waals surface area contributed by atoms with Crippen molar-refractivity contribution in [1.82, 2.24) is 4.90 Å². The molecule has 1 aliphatic rings. The Morgan fingerprint density at radius 2 is 1.90 bits per heavy atom. The predicted molar refractivity (Wildman–Crippen MR) is 88.9 cm³/mol. The lowest BCUT2D eigenvalue weighted by Gasteiger charge is -2.15. The van der Waals surface area contributed by atoms with E-state index in [9.17, 15) is 0 Å². The standard InChI is InChI=1S/C17H27NOSi/c1-14-10-18(12-16(14)13-20(3,4)5)11-15-6-8-17(19-2)9-7-15/h6-9,13-14H,10-12H2,1-5H3/b16-13+. The minimum absolute atomic E-state index is 0.708. The van der Waals surface area contributed by atoms with Crippen LogP contribution in [0.3, 0.4) is 0 Å². The van der Waals surface area contributed by atoms with Crippen LogP contribution in [-0.4, -0.2) is 33.2 Å². The molecular formula is C17H27NOSi. The Kier molecular flexibility index (Phi) is 4.71. The molecule has 2 rings (SSSR count). The van der Waals surface area contributed by atoms with Crippen LogP contribution in [0.4, 0.5) is 0 Å². The average molecular weight is 289 g/mol. The van der Waals surface area contributed by atoms with Crippen LogP contribution in [0.25, 0.3) is 0 Å². The van der Waals surface area contributed by atoms with Gasteiger partial charge in [0.1, 0.15) is 5.75 Å². The summed E-state index contributed by atoms with van der Waals surface area (Å²) in [4.78, 5) is 2.55. The number of nitrogens with zero attached hydrogens (tertiary/aromatic N) is 1. The number of hydrogen-bond acceptors (Lipinski definition) is 2. The van der Waals surface area contributed by atoms with Gasteiger partial charge in [-0.1, -0.05) is 50.0 Å². The van der Waals surface area contributed by atoms with E-state index in [4.69, 9.17) is 4.74 Å². The molecule has 0 spiro atoms. The SMILES string of the molecule is COc1ccc(CN2C/C(=C\[Si](C)(C)C)C(C)C2)cc1. The molecule has 1 aromatic rings. The molecule has 3 heteroatoms. The van der Waals surface area contributed by atoms with Gasteiger partial charge in [0.25, 0.3) is 0 Å². The number of methoxy groups -OCH3 is 1. The number of hydrogen-bond donors (Lipinski definition) is 0. The third-order valence-electron chi connectivity index (χ3n) is 3.75. The van der Waals surface area contributed by atoms with Gasteiger partial charge in [0, 0.05) is 19.6 Å². The fourth-order valence-electron chi connectivity index (χ4n) is 2.84. The van der Waals surface area contributed by atoms with Crippen LogP contribution in [0.1, 0.15) is 12.5 Å². The smallest absolute Gasteiger partial charge is 0.118 e. The lowest BCUT2D eigenvalue weighted by Crippen LogP contribution is -2.20. The second kappa shape index (κ2) is 6.14. The highest BCUT2D eigenvalue weighted by molar-refractivity contribution is 6.81. The molecule has 0 bridgehead atoms. The van der Waals surface area contributed by atoms with Crippen molar-refractivity contribution in [3.05, 3.63) is 41.1 Å². The molecule has 0 radical (unpaired) electrons. The van der Waals surface area contributed by atoms with Crippen molar-refractivity contribution in [2.45, 2.75) is 33.1 Å². The van der Waals surface area contributed by atoms with Crippen molar-refractivity contribution in [3.63, 3.8) is 0 Å². The Morgan fingerprint density at radius 3 is 2.45 bits per heavy atom. The minimum atomic E-state index is -1.10. The predicted octanol–water partition coefficient (Wildman–Crippen LogP) is 3.95. The Morgan fingerprint density at radius 1 is 1.25 bits per heavy atom. The summed E-state index contributed by atoms with van der Waals surface area (Å²) in [5.74, 6) is 1.64. The summed E-state index contributed by atoms with van der Waals surface area (Å²) in [6, 6.07) is 8.44. The van der Waals surface area contributed by atoms with Gasteiger partial charge < -0.3 is 4.74 Å². The Balaban J connectivity index is 2.00. The molecule has 0 N–H and O–H groups in total. The van der Waals surface area contributed by atoms with Crippen molar-refractivity contribution in [2.24, 2.45) is 5.92 Å². The van der Waals surface area contributed by atoms with Gasteiger partial charge >= 0.3 is 0 Å². The van der Waals surface area contributed by atoms with E-state index in [2.05, 4.69) is 49.3 Å². The van der Waals surface area contributed by atoms with Crippen molar-refractivity contribution in [2.75, 3.05) is 20.2 Å². The number of likely N-dealkylation sites (tertiary alicyclic amines) is 1. The molecule has 1 fully saturated rings. The van der Waals surface area contributed by atoms with Crippen LogP contribution in [0, 0.1) is 5.92 Å². The molecule has 0 amide bonds. The second-order valence-corrected chi connectivity index (χ2v) is 12.0. The van der Waals surface area contributed by atoms with Crippen LogP contribution < -0.4 is 4.74 Å². The first-order chi connectivity index (χ1) is 9.37. The number of benzene rings is 1. The lowest BCUT2D eigenvalue weighted by atomic mass is 10.1. The normalized spacial score (nSPS) is 22.4. The zero-order valence-corrected chi connectivity index (χ0v) is 14.4. The van der Waals surface area contributed by atoms with Crippen LogP contribution >= 0.6 is 0 Å². The highest BCUT2D eigenvalue weighted by Gasteiger charge is 2.25. The lowest BCUT2D eigenvalue weighted by molar-refractivity contribution is 0.321. The van der Waals surface area contributed by atoms with Gasteiger partial charge in [-0.15, -0.1) is 0 Å². The summed E-state index contributed by atoms with van der Waals surface area (Å²) in [6.07, 6.45) is 0. The van der Waals surface area contributed by atoms with Crippen LogP contribution in [-0.2, 0) is 6.54 Å². The van der Waals surface area contributed by atoms with E-state index in [1.807, 2.05) is 12.1 Å². The van der Waals surface area contributed by atoms with Crippen molar-refractivity contribution >= 4 is 8.07 Å². The second-order valence-electron chi connectivity index (χ2n) is 7.00. The van der Waals surface area contributed by atoms with Gasteiger partial charge in [-0.25, -0.2) is 0 Å². The van der Waals surface area contributed by atoms with Gasteiger partial charge in [0.05, 0.1) is 15.2 Å². The zero-order valence-electron chi connectivity index (χ0n) is 13.4. The first-order valence-corrected chi connectivity index (χ1v) is 11.0. The largest absolute Gasteiger partial charge is 0.497 e. The molecule has 1 saturated heterocycles. The molecule has 110 valence electrons. The fraction of sp³-hybridized carbons (Fsp3) is 0.529. The van der Waals surface area contributed by atoms with Crippen LogP contribution in [0.15, 0.2) is 35.5 Å². The molecule has 0 aliphatic carbocycles. The third kappa shape index (κ3) is 4.22. The number of ether oxygens (including phenoxy) is 1. The van der Waals surface area contributed by atoms with Gasteiger partial charge in [-0.3, -0.25) is 4.90 Å². The summed E-state index contributed by atoms with van der Waals surface area (Å²) in [7, 11) is 0.610. The average Bonchev–Trinajstić information content (AvgIpc) is 2.68. The molecular weight excluding hydrogens is 262 g/mol. The summed E-state index contributed by atoms with van der Waals surface area (Å²) < 4.78 is 5.21. The summed E-state index contributed by atoms with van der Waals surface area (Å²) in [6.45, 7) is 13.0. The van der Waals surface area contributed by atoms with E-state index >= 15 is 0 Å². The summed E-state index contributed by atoms with van der Waals surface area (Å²) in [5, 5.41) is 0. The van der Waals surface area contributed by atoms with Gasteiger partial charge in [0.15, 0.2) is 0 Å². The Bertz CT molecular complexity index is 473. The quantitative estimate of drug-likeness (QED) is 0.778. The van der Waals surface area contributed by atoms with Crippen molar-refractivity contribution in [3.8, 4) is 5.75 Å². The van der Waals surface area contributed by atoms with Crippen LogP contribution in [0.5, 0.6) is 5.75 Å². The molecule has 2 nitrogen and oxygen atoms in total. The first-order valence-electron chi connectivity index (χ1n) is 7.44. The Hall–Kier alpha value is -1.06. The van der Waals surface area contributed by atoms with E-state index in [1.165, 1.54) is 12.1 Å². The molecule has 1 aliphatic heterocycles. The maximum atomic E-state index is 5.21. The van der Waals surface area contributed by atoms with Gasteiger partial charge in [-0.05, 0) is 23.6 Å². The number of rotatable bonds is 4. The van der Waals surface area contributed by atoms with Crippen molar-refractivity contribution in [1.29, 1.82) is 0 Å². The molecule has 1 atom stereocenters. The molecule has 1 aromatic carbocycles. The monoisotopic (exact) mass is 289 g/mol. The highest BCUT2D eigenvalue weighted by atomic mass is 28.3. The van der Waals surface area contributed by atoms with E-state index in [0.717, 1.165) is 18.8 Å². The highest BCUT2D eigenvalue weighted by Crippen LogP contribution is 2.26. The summed E-state index contributed by atoms with van der Waals surface area (Å²) in [5.41, 5.74) is 5.61. The minimum Gasteiger partial charge on any atom is -0.497 e. The topological polar surface area (TPSA) is 12.5 Å². The van der Waals surface area contributed by atoms with E-state index in [-0.39, 0.29) is 0 Å². The van der Waals surface area contributed by atoms with Gasteiger partial charge in [-0.2, -0.15) is 0 Å². The maximum absolute atomic E-state index is 5.21. The maximum Gasteiger partial charge on any atom is 0.118 e. The van der Waals surface area contributed by atoms with Gasteiger partial charge in [0.2, 0.25) is 0 Å². The van der Waals surface area contributed by atoms with Crippen molar-refractivity contribution < 1.29 is 4.74 Å². The Labute approximate surface area is 124 Å². The molecule has 20 heavy (non-hydrogen) atoms. The molecule has 0 aromatic heterocycles. The summed E-state index contributed by atoms with van der Waals surface area (Å²) >= 11 is 0. The van der Waals surface area contributed by atoms with E-state index in [1.54, 1.807) is 12.7 Å². The zero-order chi connectivity index (χ0) is 14.8. The van der Waals surface area contributed by atoms with Crippen LogP contribution in [0.2, 0.25) is 19.6 Å². The van der Waals surface area contributed by atoms with E-state index in [0.29, 0.717) is 5.92 Å². The fourth-order valence-corrected chi connectivity index (χ4v) is 4.33. The third-order valence-corrected chi connectivity index (χ3v) is 4.99. The molecule has 1 heterocycles. The molecule has 1 unspecified atom stereocenters. The van der Waals surface area contributed by atoms with E-state index < -0.39 is 8.07 Å². The first kappa shape index (κ1) is 15.3. The molecule has 0 saturated carbocycles.